The molecular formula is C56H72O7. The Bertz CT molecular complexity index is 2470. The lowest BCUT2D eigenvalue weighted by Gasteiger charge is -2.71. The summed E-state index contributed by atoms with van der Waals surface area (Å²) in [5.74, 6) is -0.0365. The van der Waals surface area contributed by atoms with Crippen molar-refractivity contribution in [1.82, 2.24) is 0 Å². The van der Waals surface area contributed by atoms with Crippen LogP contribution >= 0.6 is 0 Å². The molecular weight excluding hydrogens is 785 g/mol. The standard InChI is InChI=1S/C56H72O7/c1-30-23-41-47(4,28-37(30)58)15-19-51(8)40-14-13-33-34(49(40,6)17-21-52(41,51)9)26-44(60)56(61)55(33,12)63-46-32(3)45-35(25-39(46)62-56)50(7)18-22-53(10)42-24-31(2)38(59)29-48(42,5)16-20-54(53,11)43(50)27-36(45)57/h13,25-27,30-31,40-42,61H,14-24,28-29H2,1-12H3. The van der Waals surface area contributed by atoms with Crippen molar-refractivity contribution in [3.8, 4) is 11.5 Å². The number of fused-ring (bicyclic) bond motifs is 17. The van der Waals surface area contributed by atoms with E-state index in [2.05, 4.69) is 75.3 Å². The number of hydrogen-bond acceptors (Lipinski definition) is 7. The van der Waals surface area contributed by atoms with E-state index in [0.717, 1.165) is 87.3 Å². The van der Waals surface area contributed by atoms with Crippen LogP contribution in [0.4, 0.5) is 0 Å². The molecule has 63 heavy (non-hydrogen) atoms. The molecule has 1 aliphatic heterocycles. The number of ether oxygens (including phenoxy) is 2. The van der Waals surface area contributed by atoms with Gasteiger partial charge in [0.15, 0.2) is 17.3 Å². The van der Waals surface area contributed by atoms with Crippen LogP contribution < -0.4 is 9.47 Å². The van der Waals surface area contributed by atoms with Crippen LogP contribution in [0.1, 0.15) is 181 Å². The zero-order valence-corrected chi connectivity index (χ0v) is 40.3. The third-order valence-electron chi connectivity index (χ3n) is 23.1. The maximum Gasteiger partial charge on any atom is 0.317 e. The van der Waals surface area contributed by atoms with Crippen molar-refractivity contribution >= 4 is 23.1 Å². The maximum absolute atomic E-state index is 14.8. The fourth-order valence-corrected chi connectivity index (χ4v) is 18.5. The van der Waals surface area contributed by atoms with Crippen LogP contribution in [0.15, 0.2) is 41.0 Å². The number of Topliss-reactive ketones (excluding diaryl/α,β-unsaturated/α-hetero) is 2. The third kappa shape index (κ3) is 4.68. The first kappa shape index (κ1) is 42.3. The van der Waals surface area contributed by atoms with Gasteiger partial charge in [-0.2, -0.15) is 0 Å². The lowest BCUT2D eigenvalue weighted by molar-refractivity contribution is -0.234. The Morgan fingerprint density at radius 2 is 1.22 bits per heavy atom. The van der Waals surface area contributed by atoms with Gasteiger partial charge in [0, 0.05) is 46.8 Å². The molecule has 1 heterocycles. The number of hydrogen-bond donors (Lipinski definition) is 1. The molecule has 0 saturated heterocycles. The SMILES string of the molecule is Cc1c2c(cc3c1C(=O)C=C1C3(C)CCC3(C)C4CC(C)C(=O)CC4(C)CCC13C)OC1(O)C(=O)C=C3C(=CCC4C3(C)CCC3(C)C5CC(C)C(=O)CC5(C)CCC43C)C1(C)O2. The molecule has 1 aromatic rings. The largest absolute Gasteiger partial charge is 0.471 e. The molecule has 7 heteroatoms. The van der Waals surface area contributed by atoms with Gasteiger partial charge in [-0.1, -0.05) is 75.3 Å². The van der Waals surface area contributed by atoms with Crippen molar-refractivity contribution in [2.24, 2.45) is 67.5 Å². The molecule has 0 amide bonds. The Kier molecular flexibility index (Phi) is 8.17. The molecule has 338 valence electrons. The highest BCUT2D eigenvalue weighted by molar-refractivity contribution is 6.10. The summed E-state index contributed by atoms with van der Waals surface area (Å²) >= 11 is 0. The molecule has 0 aromatic heterocycles. The first-order valence-electron chi connectivity index (χ1n) is 24.8. The van der Waals surface area contributed by atoms with Gasteiger partial charge in [0.2, 0.25) is 11.4 Å². The van der Waals surface area contributed by atoms with Gasteiger partial charge in [-0.15, -0.1) is 0 Å². The van der Waals surface area contributed by atoms with Crippen molar-refractivity contribution in [2.75, 3.05) is 0 Å². The molecule has 6 fully saturated rings. The van der Waals surface area contributed by atoms with Gasteiger partial charge in [-0.25, -0.2) is 0 Å². The van der Waals surface area contributed by atoms with Crippen LogP contribution in [-0.2, 0) is 19.8 Å². The zero-order valence-electron chi connectivity index (χ0n) is 40.3. The van der Waals surface area contributed by atoms with Crippen molar-refractivity contribution < 1.29 is 33.8 Å². The number of allylic oxidation sites excluding steroid dienone is 3. The minimum Gasteiger partial charge on any atom is -0.471 e. The fraction of sp³-hybridized carbons (Fsp3) is 0.714. The normalized spacial score (nSPS) is 51.6. The molecule has 7 nitrogen and oxygen atoms in total. The molecule has 1 N–H and O–H groups in total. The highest BCUT2D eigenvalue weighted by atomic mass is 16.7. The molecule has 11 rings (SSSR count). The highest BCUT2D eigenvalue weighted by Gasteiger charge is 2.73. The summed E-state index contributed by atoms with van der Waals surface area (Å²) in [7, 11) is 0. The predicted octanol–water partition coefficient (Wildman–Crippen LogP) is 11.5. The molecule has 0 bridgehead atoms. The first-order valence-corrected chi connectivity index (χ1v) is 24.8. The van der Waals surface area contributed by atoms with Crippen LogP contribution in [0.5, 0.6) is 11.5 Å². The molecule has 15 unspecified atom stereocenters. The van der Waals surface area contributed by atoms with E-state index in [1.165, 1.54) is 5.57 Å². The second-order valence-electron chi connectivity index (χ2n) is 25.7. The van der Waals surface area contributed by atoms with Gasteiger partial charge in [0.1, 0.15) is 11.6 Å². The van der Waals surface area contributed by atoms with Crippen LogP contribution in [0.2, 0.25) is 0 Å². The van der Waals surface area contributed by atoms with Crippen molar-refractivity contribution in [1.29, 1.82) is 0 Å². The summed E-state index contributed by atoms with van der Waals surface area (Å²) in [5, 5.41) is 12.8. The maximum atomic E-state index is 14.8. The predicted molar refractivity (Wildman–Crippen MR) is 242 cm³/mol. The molecule has 9 aliphatic carbocycles. The Labute approximate surface area is 375 Å². The summed E-state index contributed by atoms with van der Waals surface area (Å²) in [6.07, 6.45) is 17.6. The minimum atomic E-state index is -2.30. The van der Waals surface area contributed by atoms with E-state index in [9.17, 15) is 24.3 Å². The van der Waals surface area contributed by atoms with E-state index >= 15 is 0 Å². The Morgan fingerprint density at radius 1 is 0.651 bits per heavy atom. The molecule has 0 radical (unpaired) electrons. The monoisotopic (exact) mass is 857 g/mol. The number of aliphatic hydroxyl groups is 1. The van der Waals surface area contributed by atoms with Gasteiger partial charge >= 0.3 is 5.79 Å². The van der Waals surface area contributed by atoms with Gasteiger partial charge in [0.05, 0.1) is 0 Å². The number of rotatable bonds is 0. The van der Waals surface area contributed by atoms with Gasteiger partial charge in [-0.3, -0.25) is 19.2 Å². The van der Waals surface area contributed by atoms with Gasteiger partial charge < -0.3 is 14.6 Å². The fourth-order valence-electron chi connectivity index (χ4n) is 18.5. The van der Waals surface area contributed by atoms with Gasteiger partial charge in [0.25, 0.3) is 0 Å². The minimum absolute atomic E-state index is 0.0152. The number of carbonyl (C=O) groups excluding carboxylic acids is 4. The summed E-state index contributed by atoms with van der Waals surface area (Å²) in [6.45, 7) is 27.2. The average Bonchev–Trinajstić information content (AvgIpc) is 3.21. The Morgan fingerprint density at radius 3 is 1.87 bits per heavy atom. The lowest BCUT2D eigenvalue weighted by atomic mass is 9.33. The van der Waals surface area contributed by atoms with E-state index in [4.69, 9.17) is 9.47 Å². The number of ketones is 4. The van der Waals surface area contributed by atoms with Crippen molar-refractivity contribution in [3.63, 3.8) is 0 Å². The quantitative estimate of drug-likeness (QED) is 0.277. The topological polar surface area (TPSA) is 107 Å². The van der Waals surface area contributed by atoms with E-state index in [0.29, 0.717) is 58.9 Å². The summed E-state index contributed by atoms with van der Waals surface area (Å²) in [5.41, 5.74) is 2.50. The third-order valence-corrected chi connectivity index (χ3v) is 23.1. The average molecular weight is 857 g/mol. The molecule has 15 atom stereocenters. The van der Waals surface area contributed by atoms with Crippen LogP contribution in [0, 0.1) is 74.4 Å². The molecule has 1 aromatic carbocycles. The van der Waals surface area contributed by atoms with Crippen LogP contribution in [-0.4, -0.2) is 39.6 Å². The second kappa shape index (κ2) is 12.2. The summed E-state index contributed by atoms with van der Waals surface area (Å²) in [4.78, 5) is 55.8. The zero-order chi connectivity index (χ0) is 45.2. The summed E-state index contributed by atoms with van der Waals surface area (Å²) < 4.78 is 13.9. The molecule has 10 aliphatic rings. The molecule has 0 spiro atoms. The van der Waals surface area contributed by atoms with E-state index in [1.54, 1.807) is 6.08 Å². The second-order valence-corrected chi connectivity index (χ2v) is 25.7. The summed E-state index contributed by atoms with van der Waals surface area (Å²) in [6, 6.07) is 1.93. The van der Waals surface area contributed by atoms with Crippen LogP contribution in [0.3, 0.4) is 0 Å². The van der Waals surface area contributed by atoms with E-state index < -0.39 is 22.6 Å². The van der Waals surface area contributed by atoms with Crippen LogP contribution in [0.25, 0.3) is 0 Å². The van der Waals surface area contributed by atoms with E-state index in [1.807, 2.05) is 26.0 Å². The van der Waals surface area contributed by atoms with Crippen molar-refractivity contribution in [2.45, 2.75) is 183 Å². The first-order chi connectivity index (χ1) is 29.2. The number of benzene rings is 1. The number of carbonyl (C=O) groups is 4. The highest BCUT2D eigenvalue weighted by Crippen LogP contribution is 2.77. The molecule has 6 saturated carbocycles. The van der Waals surface area contributed by atoms with Crippen molar-refractivity contribution in [3.05, 3.63) is 57.7 Å². The Balaban J connectivity index is 0.966. The lowest BCUT2D eigenvalue weighted by Crippen LogP contribution is -2.71. The van der Waals surface area contributed by atoms with E-state index in [-0.39, 0.29) is 61.4 Å². The smallest absolute Gasteiger partial charge is 0.317 e. The van der Waals surface area contributed by atoms with Gasteiger partial charge in [-0.05, 0) is 175 Å². The Hall–Kier alpha value is -3.32.